The molecule has 0 saturated heterocycles. The van der Waals surface area contributed by atoms with Crippen molar-refractivity contribution in [3.8, 4) is 5.75 Å². The van der Waals surface area contributed by atoms with Gasteiger partial charge in [-0.25, -0.2) is 9.48 Å². The van der Waals surface area contributed by atoms with Gasteiger partial charge in [-0.1, -0.05) is 47.7 Å². The van der Waals surface area contributed by atoms with Crippen LogP contribution in [0.15, 0.2) is 54.6 Å². The van der Waals surface area contributed by atoms with Gasteiger partial charge in [0, 0.05) is 6.42 Å². The Bertz CT molecular complexity index is 858. The lowest BCUT2D eigenvalue weighted by molar-refractivity contribution is 0.0518. The Kier molecular flexibility index (Phi) is 5.63. The number of ether oxygens (including phenoxy) is 2. The molecule has 3 aromatic rings. The molecule has 0 aliphatic rings. The Hall–Kier alpha value is -3.15. The van der Waals surface area contributed by atoms with Gasteiger partial charge in [0.25, 0.3) is 0 Å². The molecule has 0 aliphatic carbocycles. The van der Waals surface area contributed by atoms with Gasteiger partial charge in [0.2, 0.25) is 0 Å². The molecule has 3 rings (SSSR count). The van der Waals surface area contributed by atoms with Gasteiger partial charge < -0.3 is 9.47 Å². The van der Waals surface area contributed by atoms with E-state index in [4.69, 9.17) is 9.47 Å². The fourth-order valence-electron chi connectivity index (χ4n) is 2.69. The number of nitrogens with zero attached hydrogens (tertiary/aromatic N) is 3. The Morgan fingerprint density at radius 1 is 1.04 bits per heavy atom. The predicted molar refractivity (Wildman–Crippen MR) is 97.3 cm³/mol. The molecule has 6 heteroatoms. The second-order valence-electron chi connectivity index (χ2n) is 5.77. The number of rotatable bonds is 7. The average Bonchev–Trinajstić information content (AvgIpc) is 3.06. The first-order valence-electron chi connectivity index (χ1n) is 8.47. The minimum absolute atomic E-state index is 0.268. The van der Waals surface area contributed by atoms with Gasteiger partial charge in [0.05, 0.1) is 26.0 Å². The summed E-state index contributed by atoms with van der Waals surface area (Å²) in [7, 11) is 1.63. The molecule has 0 fully saturated rings. The number of benzene rings is 2. The molecule has 134 valence electrons. The van der Waals surface area contributed by atoms with Crippen LogP contribution in [-0.2, 0) is 17.7 Å². The standard InChI is InChI=1S/C20H21N3O3/c1-3-26-20(24)19-18(13-15-7-5-4-6-8-15)23(22-21-19)14-16-9-11-17(25-2)12-10-16/h4-12H,3,13-14H2,1-2H3. The van der Waals surface area contributed by atoms with Crippen LogP contribution in [0.2, 0.25) is 0 Å². The van der Waals surface area contributed by atoms with Crippen molar-refractivity contribution in [3.05, 3.63) is 77.1 Å². The highest BCUT2D eigenvalue weighted by Gasteiger charge is 2.21. The van der Waals surface area contributed by atoms with Crippen molar-refractivity contribution >= 4 is 5.97 Å². The quantitative estimate of drug-likeness (QED) is 0.612. The van der Waals surface area contributed by atoms with E-state index in [0.717, 1.165) is 22.6 Å². The molecule has 1 heterocycles. The molecule has 0 bridgehead atoms. The minimum Gasteiger partial charge on any atom is -0.497 e. The van der Waals surface area contributed by atoms with Crippen LogP contribution in [0.3, 0.4) is 0 Å². The van der Waals surface area contributed by atoms with Gasteiger partial charge in [-0.05, 0) is 30.2 Å². The Labute approximate surface area is 152 Å². The second-order valence-corrected chi connectivity index (χ2v) is 5.77. The predicted octanol–water partition coefficient (Wildman–Crippen LogP) is 3.10. The van der Waals surface area contributed by atoms with Crippen LogP contribution in [0.1, 0.15) is 34.2 Å². The van der Waals surface area contributed by atoms with E-state index in [0.29, 0.717) is 19.6 Å². The third-order valence-electron chi connectivity index (χ3n) is 4.01. The van der Waals surface area contributed by atoms with Crippen molar-refractivity contribution in [3.63, 3.8) is 0 Å². The molecule has 0 unspecified atom stereocenters. The van der Waals surface area contributed by atoms with Crippen LogP contribution in [0.5, 0.6) is 5.75 Å². The number of hydrogen-bond acceptors (Lipinski definition) is 5. The van der Waals surface area contributed by atoms with Crippen LogP contribution in [0.4, 0.5) is 0 Å². The number of methoxy groups -OCH3 is 1. The van der Waals surface area contributed by atoms with E-state index < -0.39 is 5.97 Å². The number of esters is 1. The Morgan fingerprint density at radius 2 is 1.77 bits per heavy atom. The molecule has 1 aromatic heterocycles. The summed E-state index contributed by atoms with van der Waals surface area (Å²) >= 11 is 0. The van der Waals surface area contributed by atoms with Gasteiger partial charge in [-0.15, -0.1) is 5.10 Å². The van der Waals surface area contributed by atoms with Crippen LogP contribution in [-0.4, -0.2) is 34.7 Å². The molecule has 0 amide bonds. The third-order valence-corrected chi connectivity index (χ3v) is 4.01. The Balaban J connectivity index is 1.91. The molecule has 0 N–H and O–H groups in total. The van der Waals surface area contributed by atoms with Gasteiger partial charge in [0.15, 0.2) is 5.69 Å². The largest absolute Gasteiger partial charge is 0.497 e. The summed E-state index contributed by atoms with van der Waals surface area (Å²) in [5.74, 6) is 0.350. The zero-order valence-electron chi connectivity index (χ0n) is 14.9. The second kappa shape index (κ2) is 8.29. The number of hydrogen-bond donors (Lipinski definition) is 0. The third kappa shape index (κ3) is 4.08. The fraction of sp³-hybridized carbons (Fsp3) is 0.250. The highest BCUT2D eigenvalue weighted by Crippen LogP contribution is 2.17. The van der Waals surface area contributed by atoms with Crippen LogP contribution in [0.25, 0.3) is 0 Å². The van der Waals surface area contributed by atoms with E-state index in [9.17, 15) is 4.79 Å². The maximum atomic E-state index is 12.3. The monoisotopic (exact) mass is 351 g/mol. The maximum absolute atomic E-state index is 12.3. The van der Waals surface area contributed by atoms with Crippen molar-refractivity contribution in [2.45, 2.75) is 19.9 Å². The molecule has 0 saturated carbocycles. The summed E-state index contributed by atoms with van der Waals surface area (Å²) < 4.78 is 12.1. The van der Waals surface area contributed by atoms with Crippen LogP contribution < -0.4 is 4.74 Å². The number of aromatic nitrogens is 3. The van der Waals surface area contributed by atoms with E-state index in [1.165, 1.54) is 0 Å². The Morgan fingerprint density at radius 3 is 2.42 bits per heavy atom. The molecular formula is C20H21N3O3. The first-order valence-corrected chi connectivity index (χ1v) is 8.47. The van der Waals surface area contributed by atoms with E-state index in [-0.39, 0.29) is 5.69 Å². The van der Waals surface area contributed by atoms with Crippen molar-refractivity contribution in [2.24, 2.45) is 0 Å². The van der Waals surface area contributed by atoms with Crippen molar-refractivity contribution in [1.29, 1.82) is 0 Å². The lowest BCUT2D eigenvalue weighted by Gasteiger charge is -2.09. The van der Waals surface area contributed by atoms with Gasteiger partial charge in [-0.2, -0.15) is 0 Å². The maximum Gasteiger partial charge on any atom is 0.360 e. The molecular weight excluding hydrogens is 330 g/mol. The fourth-order valence-corrected chi connectivity index (χ4v) is 2.69. The zero-order valence-corrected chi connectivity index (χ0v) is 14.9. The molecule has 0 aliphatic heterocycles. The van der Waals surface area contributed by atoms with Gasteiger partial charge in [0.1, 0.15) is 5.75 Å². The molecule has 0 spiro atoms. The summed E-state index contributed by atoms with van der Waals surface area (Å²) in [6.45, 7) is 2.59. The highest BCUT2D eigenvalue weighted by molar-refractivity contribution is 5.88. The van der Waals surface area contributed by atoms with Crippen LogP contribution >= 0.6 is 0 Å². The SMILES string of the molecule is CCOC(=O)c1nnn(Cc2ccc(OC)cc2)c1Cc1ccccc1. The first kappa shape index (κ1) is 17.7. The summed E-state index contributed by atoms with van der Waals surface area (Å²) in [6, 6.07) is 17.7. The van der Waals surface area contributed by atoms with Crippen LogP contribution in [0, 0.1) is 0 Å². The first-order chi connectivity index (χ1) is 12.7. The van der Waals surface area contributed by atoms with Crippen molar-refractivity contribution in [2.75, 3.05) is 13.7 Å². The van der Waals surface area contributed by atoms with Gasteiger partial charge in [-0.3, -0.25) is 0 Å². The summed E-state index contributed by atoms with van der Waals surface area (Å²) in [5.41, 5.74) is 3.13. The van der Waals surface area contributed by atoms with E-state index in [2.05, 4.69) is 10.3 Å². The topological polar surface area (TPSA) is 66.2 Å². The molecule has 0 atom stereocenters. The van der Waals surface area contributed by atoms with Crippen molar-refractivity contribution < 1.29 is 14.3 Å². The zero-order chi connectivity index (χ0) is 18.4. The van der Waals surface area contributed by atoms with Crippen molar-refractivity contribution in [1.82, 2.24) is 15.0 Å². The van der Waals surface area contributed by atoms with E-state index in [1.54, 1.807) is 18.7 Å². The minimum atomic E-state index is -0.445. The van der Waals surface area contributed by atoms with E-state index in [1.807, 2.05) is 54.6 Å². The lowest BCUT2D eigenvalue weighted by Crippen LogP contribution is -2.12. The summed E-state index contributed by atoms with van der Waals surface area (Å²) in [4.78, 5) is 12.3. The molecule has 26 heavy (non-hydrogen) atoms. The average molecular weight is 351 g/mol. The smallest absolute Gasteiger partial charge is 0.360 e. The highest BCUT2D eigenvalue weighted by atomic mass is 16.5. The van der Waals surface area contributed by atoms with Gasteiger partial charge >= 0.3 is 5.97 Å². The molecule has 6 nitrogen and oxygen atoms in total. The molecule has 0 radical (unpaired) electrons. The number of carbonyl (C=O) groups excluding carboxylic acids is 1. The summed E-state index contributed by atoms with van der Waals surface area (Å²) in [6.07, 6.45) is 0.554. The lowest BCUT2D eigenvalue weighted by atomic mass is 10.1. The normalized spacial score (nSPS) is 10.5. The van der Waals surface area contributed by atoms with E-state index >= 15 is 0 Å². The molecule has 2 aromatic carbocycles. The summed E-state index contributed by atoms with van der Waals surface area (Å²) in [5, 5.41) is 8.26. The number of carbonyl (C=O) groups is 1.